The molecule has 0 aliphatic carbocycles. The summed E-state index contributed by atoms with van der Waals surface area (Å²) in [4.78, 5) is 11.8. The highest BCUT2D eigenvalue weighted by molar-refractivity contribution is 6.21. The van der Waals surface area contributed by atoms with E-state index in [1.807, 2.05) is 18.2 Å². The minimum absolute atomic E-state index is 0.800. The molecule has 0 aliphatic heterocycles. The summed E-state index contributed by atoms with van der Waals surface area (Å²) in [5.41, 5.74) is 2.13. The van der Waals surface area contributed by atoms with Gasteiger partial charge in [-0.3, -0.25) is 4.79 Å². The second kappa shape index (κ2) is 4.96. The van der Waals surface area contributed by atoms with Gasteiger partial charge < -0.3 is 0 Å². The lowest BCUT2D eigenvalue weighted by atomic mass is 9.88. The average molecular weight is 284 g/mol. The third-order valence-electron chi connectivity index (χ3n) is 4.53. The van der Waals surface area contributed by atoms with E-state index in [0.717, 1.165) is 29.0 Å². The van der Waals surface area contributed by atoms with Gasteiger partial charge in [-0.15, -0.1) is 0 Å². The summed E-state index contributed by atoms with van der Waals surface area (Å²) in [5.74, 6) is 0. The van der Waals surface area contributed by atoms with E-state index >= 15 is 0 Å². The smallest absolute Gasteiger partial charge is 0.151 e. The first-order valence-corrected chi connectivity index (χ1v) is 7.65. The van der Waals surface area contributed by atoms with Crippen molar-refractivity contribution < 1.29 is 4.79 Å². The van der Waals surface area contributed by atoms with E-state index in [4.69, 9.17) is 0 Å². The van der Waals surface area contributed by atoms with E-state index in [0.29, 0.717) is 0 Å². The quantitative estimate of drug-likeness (QED) is 0.269. The van der Waals surface area contributed by atoms with Crippen molar-refractivity contribution in [1.29, 1.82) is 0 Å². The summed E-state index contributed by atoms with van der Waals surface area (Å²) in [6.45, 7) is 2.18. The molecule has 4 aromatic carbocycles. The molecular weight excluding hydrogens is 268 g/mol. The molecule has 0 heterocycles. The van der Waals surface area contributed by atoms with Crippen LogP contribution in [0, 0.1) is 0 Å². The molecule has 1 nitrogen and oxygen atoms in total. The van der Waals surface area contributed by atoms with Crippen molar-refractivity contribution >= 4 is 38.6 Å². The SMILES string of the molecule is CCc1c2ccccc2c(C=O)c2ccc3ccccc3c12. The van der Waals surface area contributed by atoms with Crippen molar-refractivity contribution in [2.75, 3.05) is 0 Å². The summed E-state index contributed by atoms with van der Waals surface area (Å²) >= 11 is 0. The lowest BCUT2D eigenvalue weighted by Crippen LogP contribution is -1.94. The van der Waals surface area contributed by atoms with Crippen LogP contribution in [0.25, 0.3) is 32.3 Å². The third-order valence-corrected chi connectivity index (χ3v) is 4.53. The Balaban J connectivity index is 2.39. The van der Waals surface area contributed by atoms with Crippen LogP contribution in [0.1, 0.15) is 22.8 Å². The van der Waals surface area contributed by atoms with Crippen LogP contribution in [0.3, 0.4) is 0 Å². The fourth-order valence-electron chi connectivity index (χ4n) is 3.58. The Morgan fingerprint density at radius 1 is 0.773 bits per heavy atom. The number of carbonyl (C=O) groups is 1. The Labute approximate surface area is 129 Å². The minimum atomic E-state index is 0.800. The number of carbonyl (C=O) groups excluding carboxylic acids is 1. The molecule has 0 aliphatic rings. The molecule has 0 fully saturated rings. The molecule has 0 saturated heterocycles. The zero-order chi connectivity index (χ0) is 15.1. The molecule has 0 atom stereocenters. The number of aldehydes is 1. The number of aryl methyl sites for hydroxylation is 1. The van der Waals surface area contributed by atoms with Gasteiger partial charge in [0.15, 0.2) is 6.29 Å². The molecule has 0 spiro atoms. The Bertz CT molecular complexity index is 1030. The van der Waals surface area contributed by atoms with Crippen LogP contribution in [0.4, 0.5) is 0 Å². The van der Waals surface area contributed by atoms with E-state index in [9.17, 15) is 4.79 Å². The van der Waals surface area contributed by atoms with E-state index in [-0.39, 0.29) is 0 Å². The molecule has 0 bridgehead atoms. The van der Waals surface area contributed by atoms with Gasteiger partial charge >= 0.3 is 0 Å². The van der Waals surface area contributed by atoms with E-state index < -0.39 is 0 Å². The lowest BCUT2D eigenvalue weighted by molar-refractivity contribution is 0.112. The van der Waals surface area contributed by atoms with Crippen molar-refractivity contribution in [1.82, 2.24) is 0 Å². The Hall–Kier alpha value is -2.67. The van der Waals surface area contributed by atoms with Crippen molar-refractivity contribution in [3.63, 3.8) is 0 Å². The van der Waals surface area contributed by atoms with Gasteiger partial charge in [0.25, 0.3) is 0 Å². The summed E-state index contributed by atoms with van der Waals surface area (Å²) in [7, 11) is 0. The van der Waals surface area contributed by atoms with Gasteiger partial charge in [0.1, 0.15) is 0 Å². The fourth-order valence-corrected chi connectivity index (χ4v) is 3.58. The van der Waals surface area contributed by atoms with E-state index in [2.05, 4.69) is 49.4 Å². The fraction of sp³-hybridized carbons (Fsp3) is 0.0952. The molecule has 4 aromatic rings. The Kier molecular flexibility index (Phi) is 2.93. The second-order valence-electron chi connectivity index (χ2n) is 5.62. The highest BCUT2D eigenvalue weighted by atomic mass is 16.1. The molecule has 0 radical (unpaired) electrons. The first kappa shape index (κ1) is 13.0. The van der Waals surface area contributed by atoms with Gasteiger partial charge in [0, 0.05) is 5.56 Å². The van der Waals surface area contributed by atoms with Crippen LogP contribution in [-0.4, -0.2) is 6.29 Å². The molecule has 0 unspecified atom stereocenters. The van der Waals surface area contributed by atoms with Crippen LogP contribution in [0.2, 0.25) is 0 Å². The van der Waals surface area contributed by atoms with Crippen molar-refractivity contribution in [2.24, 2.45) is 0 Å². The molecular formula is C21H16O. The maximum Gasteiger partial charge on any atom is 0.151 e. The highest BCUT2D eigenvalue weighted by Crippen LogP contribution is 2.36. The summed E-state index contributed by atoms with van der Waals surface area (Å²) in [5, 5.41) is 6.97. The predicted molar refractivity (Wildman–Crippen MR) is 93.7 cm³/mol. The van der Waals surface area contributed by atoms with Crippen LogP contribution in [-0.2, 0) is 6.42 Å². The molecule has 0 N–H and O–H groups in total. The van der Waals surface area contributed by atoms with E-state index in [1.165, 1.54) is 27.1 Å². The van der Waals surface area contributed by atoms with Gasteiger partial charge in [0.05, 0.1) is 0 Å². The first-order valence-electron chi connectivity index (χ1n) is 7.65. The van der Waals surface area contributed by atoms with Crippen molar-refractivity contribution in [2.45, 2.75) is 13.3 Å². The van der Waals surface area contributed by atoms with E-state index in [1.54, 1.807) is 0 Å². The van der Waals surface area contributed by atoms with Gasteiger partial charge in [-0.05, 0) is 44.3 Å². The number of fused-ring (bicyclic) bond motifs is 4. The third kappa shape index (κ3) is 1.69. The summed E-state index contributed by atoms with van der Waals surface area (Å²) in [6, 6.07) is 20.8. The monoisotopic (exact) mass is 284 g/mol. The van der Waals surface area contributed by atoms with Crippen LogP contribution in [0.5, 0.6) is 0 Å². The highest BCUT2D eigenvalue weighted by Gasteiger charge is 2.14. The van der Waals surface area contributed by atoms with Crippen molar-refractivity contribution in [3.05, 3.63) is 71.8 Å². The zero-order valence-electron chi connectivity index (χ0n) is 12.5. The second-order valence-corrected chi connectivity index (χ2v) is 5.62. The number of hydrogen-bond donors (Lipinski definition) is 0. The molecule has 0 saturated carbocycles. The van der Waals surface area contributed by atoms with Crippen molar-refractivity contribution in [3.8, 4) is 0 Å². The Morgan fingerprint density at radius 2 is 1.45 bits per heavy atom. The van der Waals surface area contributed by atoms with Gasteiger partial charge in [0.2, 0.25) is 0 Å². The molecule has 106 valence electrons. The number of hydrogen-bond acceptors (Lipinski definition) is 1. The molecule has 1 heteroatoms. The Morgan fingerprint density at radius 3 is 2.18 bits per heavy atom. The normalized spacial score (nSPS) is 11.3. The van der Waals surface area contributed by atoms with Gasteiger partial charge in [-0.1, -0.05) is 67.6 Å². The molecule has 0 amide bonds. The topological polar surface area (TPSA) is 17.1 Å². The maximum atomic E-state index is 11.8. The molecule has 22 heavy (non-hydrogen) atoms. The summed E-state index contributed by atoms with van der Waals surface area (Å²) in [6.07, 6.45) is 1.95. The molecule has 0 aromatic heterocycles. The first-order chi connectivity index (χ1) is 10.8. The standard InChI is InChI=1S/C21H16O/c1-2-15-17-9-5-6-10-18(17)20(13-22)19-12-11-14-7-3-4-8-16(14)21(15)19/h3-13H,2H2,1H3. The largest absolute Gasteiger partial charge is 0.298 e. The zero-order valence-corrected chi connectivity index (χ0v) is 12.5. The number of rotatable bonds is 2. The van der Waals surface area contributed by atoms with Crippen LogP contribution >= 0.6 is 0 Å². The summed E-state index contributed by atoms with van der Waals surface area (Å²) < 4.78 is 0. The maximum absolute atomic E-state index is 11.8. The average Bonchev–Trinajstić information content (AvgIpc) is 2.59. The lowest BCUT2D eigenvalue weighted by Gasteiger charge is -2.15. The molecule has 4 rings (SSSR count). The van der Waals surface area contributed by atoms with Gasteiger partial charge in [-0.2, -0.15) is 0 Å². The van der Waals surface area contributed by atoms with Crippen LogP contribution in [0.15, 0.2) is 60.7 Å². The number of benzene rings is 4. The predicted octanol–water partition coefficient (Wildman–Crippen LogP) is 5.52. The van der Waals surface area contributed by atoms with Crippen LogP contribution < -0.4 is 0 Å². The van der Waals surface area contributed by atoms with Gasteiger partial charge in [-0.25, -0.2) is 0 Å². The minimum Gasteiger partial charge on any atom is -0.298 e.